The monoisotopic (exact) mass is 351 g/mol. The third kappa shape index (κ3) is 3.51. The van der Waals surface area contributed by atoms with Crippen LogP contribution in [0.4, 0.5) is 11.5 Å². The summed E-state index contributed by atoms with van der Waals surface area (Å²) < 4.78 is 23.7. The van der Waals surface area contributed by atoms with Crippen molar-refractivity contribution in [1.82, 2.24) is 9.97 Å². The fraction of sp³-hybridized carbons (Fsp3) is 0.267. The average molecular weight is 352 g/mol. The minimum absolute atomic E-state index is 0.0108. The Kier molecular flexibility index (Phi) is 4.08. The van der Waals surface area contributed by atoms with Gasteiger partial charge in [-0.25, -0.2) is 18.4 Å². The standard InChI is InChI=1S/C15H14ClN3O3S/c1-23(21,22)12-3-2-6-17-15(12)19-11-7-13(16)18-8-10(11)14(20)9-4-5-9/h2-3,6-9H,4-5H2,1H3,(H,17,18,19). The van der Waals surface area contributed by atoms with Gasteiger partial charge in [-0.3, -0.25) is 4.79 Å². The molecule has 2 aromatic heterocycles. The van der Waals surface area contributed by atoms with Crippen LogP contribution in [0.2, 0.25) is 5.15 Å². The highest BCUT2D eigenvalue weighted by molar-refractivity contribution is 7.90. The summed E-state index contributed by atoms with van der Waals surface area (Å²) in [6.45, 7) is 0. The SMILES string of the molecule is CS(=O)(=O)c1cccnc1Nc1cc(Cl)ncc1C(=O)C1CC1. The molecule has 23 heavy (non-hydrogen) atoms. The fourth-order valence-electron chi connectivity index (χ4n) is 2.21. The predicted octanol–water partition coefficient (Wildman–Crippen LogP) is 2.87. The van der Waals surface area contributed by atoms with E-state index in [1.54, 1.807) is 0 Å². The number of rotatable bonds is 5. The highest BCUT2D eigenvalue weighted by Gasteiger charge is 2.32. The van der Waals surface area contributed by atoms with Crippen LogP contribution in [0.5, 0.6) is 0 Å². The number of ketones is 1. The summed E-state index contributed by atoms with van der Waals surface area (Å²) in [4.78, 5) is 20.4. The van der Waals surface area contributed by atoms with E-state index in [0.29, 0.717) is 11.3 Å². The average Bonchev–Trinajstić information content (AvgIpc) is 3.31. The topological polar surface area (TPSA) is 89.0 Å². The van der Waals surface area contributed by atoms with Gasteiger partial charge in [0.15, 0.2) is 15.6 Å². The second kappa shape index (κ2) is 5.90. The van der Waals surface area contributed by atoms with Crippen LogP contribution in [-0.2, 0) is 9.84 Å². The van der Waals surface area contributed by atoms with Crippen molar-refractivity contribution >= 4 is 38.7 Å². The van der Waals surface area contributed by atoms with E-state index < -0.39 is 9.84 Å². The van der Waals surface area contributed by atoms with Crippen LogP contribution >= 0.6 is 11.6 Å². The van der Waals surface area contributed by atoms with Gasteiger partial charge >= 0.3 is 0 Å². The van der Waals surface area contributed by atoms with Crippen LogP contribution in [0.3, 0.4) is 0 Å². The summed E-state index contributed by atoms with van der Waals surface area (Å²) in [5, 5.41) is 3.12. The first kappa shape index (κ1) is 15.9. The summed E-state index contributed by atoms with van der Waals surface area (Å²) in [5.41, 5.74) is 0.799. The van der Waals surface area contributed by atoms with E-state index in [0.717, 1.165) is 19.1 Å². The van der Waals surface area contributed by atoms with Gasteiger partial charge in [-0.2, -0.15) is 0 Å². The summed E-state index contributed by atoms with van der Waals surface area (Å²) in [7, 11) is -3.46. The molecule has 0 atom stereocenters. The first-order valence-electron chi connectivity index (χ1n) is 6.98. The molecule has 0 radical (unpaired) electrons. The van der Waals surface area contributed by atoms with Crippen molar-refractivity contribution in [3.8, 4) is 0 Å². The highest BCUT2D eigenvalue weighted by Crippen LogP contribution is 2.36. The van der Waals surface area contributed by atoms with Crippen LogP contribution in [0.1, 0.15) is 23.2 Å². The molecular weight excluding hydrogens is 338 g/mol. The van der Waals surface area contributed by atoms with E-state index in [4.69, 9.17) is 11.6 Å². The Hall–Kier alpha value is -1.99. The molecule has 2 aromatic rings. The van der Waals surface area contributed by atoms with Gasteiger partial charge in [0.25, 0.3) is 0 Å². The molecule has 0 aliphatic heterocycles. The number of hydrogen-bond donors (Lipinski definition) is 1. The van der Waals surface area contributed by atoms with Gasteiger partial charge in [0.05, 0.1) is 11.3 Å². The smallest absolute Gasteiger partial charge is 0.179 e. The number of carbonyl (C=O) groups excluding carboxylic acids is 1. The zero-order chi connectivity index (χ0) is 16.6. The molecule has 1 aliphatic rings. The number of nitrogens with zero attached hydrogens (tertiary/aromatic N) is 2. The Balaban J connectivity index is 2.04. The van der Waals surface area contributed by atoms with E-state index in [1.807, 2.05) is 0 Å². The van der Waals surface area contributed by atoms with Crippen LogP contribution in [0.15, 0.2) is 35.5 Å². The van der Waals surface area contributed by atoms with Gasteiger partial charge in [0, 0.05) is 24.6 Å². The van der Waals surface area contributed by atoms with Crippen LogP contribution in [-0.4, -0.2) is 30.4 Å². The summed E-state index contributed by atoms with van der Waals surface area (Å²) in [5.74, 6) is 0.146. The van der Waals surface area contributed by atoms with Gasteiger partial charge < -0.3 is 5.32 Å². The van der Waals surface area contributed by atoms with Crippen molar-refractivity contribution < 1.29 is 13.2 Å². The molecule has 0 spiro atoms. The minimum Gasteiger partial charge on any atom is -0.338 e. The molecule has 8 heteroatoms. The lowest BCUT2D eigenvalue weighted by molar-refractivity contribution is 0.0968. The lowest BCUT2D eigenvalue weighted by Gasteiger charge is -2.13. The Morgan fingerprint density at radius 2 is 2.09 bits per heavy atom. The van der Waals surface area contributed by atoms with E-state index >= 15 is 0 Å². The van der Waals surface area contributed by atoms with Gasteiger partial charge in [0.2, 0.25) is 0 Å². The largest absolute Gasteiger partial charge is 0.338 e. The van der Waals surface area contributed by atoms with E-state index in [9.17, 15) is 13.2 Å². The van der Waals surface area contributed by atoms with Crippen molar-refractivity contribution in [3.63, 3.8) is 0 Å². The fourth-order valence-corrected chi connectivity index (χ4v) is 3.14. The molecular formula is C15H14ClN3O3S. The van der Waals surface area contributed by atoms with Crippen LogP contribution in [0.25, 0.3) is 0 Å². The molecule has 0 aromatic carbocycles. The maximum Gasteiger partial charge on any atom is 0.179 e. The Labute approximate surface area is 138 Å². The Morgan fingerprint density at radius 1 is 1.35 bits per heavy atom. The molecule has 3 rings (SSSR count). The highest BCUT2D eigenvalue weighted by atomic mass is 35.5. The minimum atomic E-state index is -3.46. The molecule has 1 aliphatic carbocycles. The van der Waals surface area contributed by atoms with Crippen molar-refractivity contribution in [2.75, 3.05) is 11.6 Å². The lowest BCUT2D eigenvalue weighted by Crippen LogP contribution is -2.09. The molecule has 120 valence electrons. The molecule has 0 bridgehead atoms. The van der Waals surface area contributed by atoms with Gasteiger partial charge in [0.1, 0.15) is 15.9 Å². The first-order chi connectivity index (χ1) is 10.9. The summed E-state index contributed by atoms with van der Waals surface area (Å²) in [6, 6.07) is 4.49. The number of aromatic nitrogens is 2. The van der Waals surface area contributed by atoms with Gasteiger partial charge in [-0.05, 0) is 31.0 Å². The van der Waals surface area contributed by atoms with Crippen molar-refractivity contribution in [2.24, 2.45) is 5.92 Å². The van der Waals surface area contributed by atoms with Crippen LogP contribution < -0.4 is 5.32 Å². The maximum atomic E-state index is 12.3. The molecule has 1 N–H and O–H groups in total. The molecule has 6 nitrogen and oxygen atoms in total. The lowest BCUT2D eigenvalue weighted by atomic mass is 10.1. The molecule has 1 fully saturated rings. The van der Waals surface area contributed by atoms with Crippen molar-refractivity contribution in [1.29, 1.82) is 0 Å². The molecule has 0 amide bonds. The zero-order valence-corrected chi connectivity index (χ0v) is 13.9. The number of Topliss-reactive ketones (excluding diaryl/α,β-unsaturated/α-hetero) is 1. The molecule has 0 saturated heterocycles. The Morgan fingerprint density at radius 3 is 2.74 bits per heavy atom. The molecule has 1 saturated carbocycles. The van der Waals surface area contributed by atoms with E-state index in [1.165, 1.54) is 30.6 Å². The number of hydrogen-bond acceptors (Lipinski definition) is 6. The second-order valence-corrected chi connectivity index (χ2v) is 7.81. The van der Waals surface area contributed by atoms with Crippen molar-refractivity contribution in [3.05, 3.63) is 41.3 Å². The zero-order valence-electron chi connectivity index (χ0n) is 12.3. The van der Waals surface area contributed by atoms with Crippen molar-refractivity contribution in [2.45, 2.75) is 17.7 Å². The normalized spacial score (nSPS) is 14.5. The quantitative estimate of drug-likeness (QED) is 0.658. The number of carbonyl (C=O) groups is 1. The van der Waals surface area contributed by atoms with Gasteiger partial charge in [-0.1, -0.05) is 11.6 Å². The molecule has 0 unspecified atom stereocenters. The number of anilines is 2. The predicted molar refractivity (Wildman–Crippen MR) is 86.9 cm³/mol. The Bertz CT molecular complexity index is 879. The number of sulfone groups is 1. The first-order valence-corrected chi connectivity index (χ1v) is 9.25. The second-order valence-electron chi connectivity index (χ2n) is 5.44. The number of nitrogens with one attached hydrogen (secondary N) is 1. The van der Waals surface area contributed by atoms with E-state index in [2.05, 4.69) is 15.3 Å². The third-order valence-corrected chi connectivity index (χ3v) is 4.84. The maximum absolute atomic E-state index is 12.3. The number of pyridine rings is 2. The van der Waals surface area contributed by atoms with Crippen LogP contribution in [0, 0.1) is 5.92 Å². The molecule has 2 heterocycles. The third-order valence-electron chi connectivity index (χ3n) is 3.51. The summed E-state index contributed by atoms with van der Waals surface area (Å²) >= 11 is 5.91. The summed E-state index contributed by atoms with van der Waals surface area (Å²) in [6.07, 6.45) is 5.71. The van der Waals surface area contributed by atoms with E-state index in [-0.39, 0.29) is 27.6 Å². The number of halogens is 1. The van der Waals surface area contributed by atoms with Gasteiger partial charge in [-0.15, -0.1) is 0 Å².